The SMILES string of the molecule is C/C=C(\C(=O)NC)C1(OC)CCN(C(C)=O)C1(C)C. The number of carbonyl (C=O) groups excluding carboxylic acids is 2. The van der Waals surface area contributed by atoms with Gasteiger partial charge in [0, 0.05) is 39.6 Å². The van der Waals surface area contributed by atoms with Crippen molar-refractivity contribution in [1.82, 2.24) is 10.2 Å². The highest BCUT2D eigenvalue weighted by molar-refractivity contribution is 5.96. The van der Waals surface area contributed by atoms with Crippen LogP contribution in [0, 0.1) is 0 Å². The molecule has 1 aliphatic heterocycles. The average molecular weight is 268 g/mol. The van der Waals surface area contributed by atoms with Crippen LogP contribution in [0.25, 0.3) is 0 Å². The minimum Gasteiger partial charge on any atom is -0.371 e. The molecule has 1 fully saturated rings. The molecule has 0 bridgehead atoms. The van der Waals surface area contributed by atoms with E-state index in [2.05, 4.69) is 5.32 Å². The number of nitrogens with one attached hydrogen (secondary N) is 1. The average Bonchev–Trinajstić information content (AvgIpc) is 2.62. The van der Waals surface area contributed by atoms with Crippen molar-refractivity contribution in [3.63, 3.8) is 0 Å². The topological polar surface area (TPSA) is 58.6 Å². The predicted molar refractivity (Wildman–Crippen MR) is 73.6 cm³/mol. The van der Waals surface area contributed by atoms with E-state index in [-0.39, 0.29) is 11.8 Å². The Bertz CT molecular complexity index is 415. The first-order valence-corrected chi connectivity index (χ1v) is 6.50. The van der Waals surface area contributed by atoms with Crippen LogP contribution >= 0.6 is 0 Å². The molecule has 0 saturated carbocycles. The lowest BCUT2D eigenvalue weighted by Crippen LogP contribution is -2.58. The minimum atomic E-state index is -0.770. The van der Waals surface area contributed by atoms with Crippen molar-refractivity contribution < 1.29 is 14.3 Å². The van der Waals surface area contributed by atoms with Gasteiger partial charge in [-0.1, -0.05) is 6.08 Å². The fraction of sp³-hybridized carbons (Fsp3) is 0.714. The molecule has 0 aliphatic carbocycles. The van der Waals surface area contributed by atoms with E-state index in [9.17, 15) is 9.59 Å². The largest absolute Gasteiger partial charge is 0.371 e. The summed E-state index contributed by atoms with van der Waals surface area (Å²) in [6.45, 7) is 7.83. The molecule has 1 unspecified atom stereocenters. The zero-order chi connectivity index (χ0) is 14.8. The van der Waals surface area contributed by atoms with Crippen LogP contribution < -0.4 is 5.32 Å². The monoisotopic (exact) mass is 268 g/mol. The molecule has 19 heavy (non-hydrogen) atoms. The summed E-state index contributed by atoms with van der Waals surface area (Å²) in [5.74, 6) is -0.167. The smallest absolute Gasteiger partial charge is 0.249 e. The molecule has 0 aromatic rings. The number of carbonyl (C=O) groups is 2. The zero-order valence-corrected chi connectivity index (χ0v) is 12.7. The molecule has 2 amide bonds. The second-order valence-electron chi connectivity index (χ2n) is 5.29. The number of amides is 2. The number of nitrogens with zero attached hydrogens (tertiary/aromatic N) is 1. The summed E-state index contributed by atoms with van der Waals surface area (Å²) in [5, 5.41) is 2.64. The van der Waals surface area contributed by atoms with Crippen LogP contribution in [0.4, 0.5) is 0 Å². The summed E-state index contributed by atoms with van der Waals surface area (Å²) in [7, 11) is 3.19. The number of hydrogen-bond acceptors (Lipinski definition) is 3. The van der Waals surface area contributed by atoms with E-state index >= 15 is 0 Å². The minimum absolute atomic E-state index is 0.00344. The first-order chi connectivity index (χ1) is 8.78. The molecule has 0 aromatic carbocycles. The molecule has 1 N–H and O–H groups in total. The van der Waals surface area contributed by atoms with Gasteiger partial charge in [-0.25, -0.2) is 0 Å². The Morgan fingerprint density at radius 1 is 1.37 bits per heavy atom. The Labute approximate surface area is 115 Å². The summed E-state index contributed by atoms with van der Waals surface area (Å²) >= 11 is 0. The second kappa shape index (κ2) is 5.33. The third kappa shape index (κ3) is 2.16. The number of rotatable bonds is 3. The van der Waals surface area contributed by atoms with Crippen LogP contribution in [0.2, 0.25) is 0 Å². The molecular weight excluding hydrogens is 244 g/mol. The highest BCUT2D eigenvalue weighted by Gasteiger charge is 2.58. The normalized spacial score (nSPS) is 26.4. The maximum Gasteiger partial charge on any atom is 0.249 e. The Kier molecular flexibility index (Phi) is 4.40. The lowest BCUT2D eigenvalue weighted by molar-refractivity contribution is -0.139. The van der Waals surface area contributed by atoms with Gasteiger partial charge < -0.3 is 15.0 Å². The van der Waals surface area contributed by atoms with Crippen molar-refractivity contribution in [2.45, 2.75) is 45.3 Å². The highest BCUT2D eigenvalue weighted by atomic mass is 16.5. The van der Waals surface area contributed by atoms with Crippen molar-refractivity contribution in [3.8, 4) is 0 Å². The summed E-state index contributed by atoms with van der Waals surface area (Å²) in [4.78, 5) is 25.6. The van der Waals surface area contributed by atoms with E-state index in [1.54, 1.807) is 32.1 Å². The number of ether oxygens (including phenoxy) is 1. The van der Waals surface area contributed by atoms with E-state index in [1.165, 1.54) is 0 Å². The van der Waals surface area contributed by atoms with Crippen LogP contribution in [-0.4, -0.2) is 48.6 Å². The third-order valence-corrected chi connectivity index (χ3v) is 4.27. The number of hydrogen-bond donors (Lipinski definition) is 1. The molecule has 0 spiro atoms. The van der Waals surface area contributed by atoms with Crippen LogP contribution in [0.15, 0.2) is 11.6 Å². The van der Waals surface area contributed by atoms with Gasteiger partial charge in [0.2, 0.25) is 11.8 Å². The zero-order valence-electron chi connectivity index (χ0n) is 12.7. The number of likely N-dealkylation sites (N-methyl/N-ethyl adjacent to an activating group) is 1. The van der Waals surface area contributed by atoms with Gasteiger partial charge in [0.1, 0.15) is 5.60 Å². The first-order valence-electron chi connectivity index (χ1n) is 6.50. The van der Waals surface area contributed by atoms with E-state index in [1.807, 2.05) is 20.8 Å². The van der Waals surface area contributed by atoms with Crippen molar-refractivity contribution >= 4 is 11.8 Å². The maximum atomic E-state index is 12.1. The summed E-state index contributed by atoms with van der Waals surface area (Å²) in [6, 6.07) is 0. The van der Waals surface area contributed by atoms with Crippen LogP contribution in [0.1, 0.15) is 34.1 Å². The molecule has 5 nitrogen and oxygen atoms in total. The molecule has 0 radical (unpaired) electrons. The summed E-state index contributed by atoms with van der Waals surface area (Å²) < 4.78 is 5.75. The molecule has 5 heteroatoms. The Morgan fingerprint density at radius 3 is 2.26 bits per heavy atom. The molecular formula is C14H24N2O3. The van der Waals surface area contributed by atoms with Crippen LogP contribution in [0.3, 0.4) is 0 Å². The van der Waals surface area contributed by atoms with Gasteiger partial charge in [-0.2, -0.15) is 0 Å². The third-order valence-electron chi connectivity index (χ3n) is 4.27. The van der Waals surface area contributed by atoms with E-state index in [0.717, 1.165) is 0 Å². The predicted octanol–water partition coefficient (Wildman–Crippen LogP) is 1.09. The number of likely N-dealkylation sites (tertiary alicyclic amines) is 1. The molecule has 108 valence electrons. The van der Waals surface area contributed by atoms with Crippen LogP contribution in [0.5, 0.6) is 0 Å². The first kappa shape index (κ1) is 15.7. The van der Waals surface area contributed by atoms with Crippen molar-refractivity contribution in [1.29, 1.82) is 0 Å². The van der Waals surface area contributed by atoms with Gasteiger partial charge in [0.25, 0.3) is 0 Å². The molecule has 1 rings (SSSR count). The number of allylic oxidation sites excluding steroid dienone is 1. The molecule has 0 aromatic heterocycles. The Hall–Kier alpha value is -1.36. The van der Waals surface area contributed by atoms with Crippen molar-refractivity contribution in [2.24, 2.45) is 0 Å². The summed E-state index contributed by atoms with van der Waals surface area (Å²) in [6.07, 6.45) is 2.39. The Balaban J connectivity index is 3.33. The highest BCUT2D eigenvalue weighted by Crippen LogP contribution is 2.45. The van der Waals surface area contributed by atoms with Crippen molar-refractivity contribution in [2.75, 3.05) is 20.7 Å². The van der Waals surface area contributed by atoms with Gasteiger partial charge in [-0.3, -0.25) is 9.59 Å². The number of methoxy groups -OCH3 is 1. The molecule has 1 aliphatic rings. The van der Waals surface area contributed by atoms with Gasteiger partial charge in [-0.15, -0.1) is 0 Å². The van der Waals surface area contributed by atoms with Gasteiger partial charge >= 0.3 is 0 Å². The fourth-order valence-corrected chi connectivity index (χ4v) is 3.23. The van der Waals surface area contributed by atoms with E-state index in [4.69, 9.17) is 4.74 Å². The lowest BCUT2D eigenvalue weighted by atomic mass is 9.76. The molecule has 1 saturated heterocycles. The summed E-state index contributed by atoms with van der Waals surface area (Å²) in [5.41, 5.74) is -0.763. The van der Waals surface area contributed by atoms with E-state index < -0.39 is 11.1 Å². The van der Waals surface area contributed by atoms with Gasteiger partial charge in [-0.05, 0) is 20.8 Å². The van der Waals surface area contributed by atoms with E-state index in [0.29, 0.717) is 18.5 Å². The fourth-order valence-electron chi connectivity index (χ4n) is 3.23. The lowest BCUT2D eigenvalue weighted by Gasteiger charge is -2.44. The molecule has 1 heterocycles. The van der Waals surface area contributed by atoms with Gasteiger partial charge in [0.15, 0.2) is 0 Å². The second-order valence-corrected chi connectivity index (χ2v) is 5.29. The maximum absolute atomic E-state index is 12.1. The molecule has 1 atom stereocenters. The van der Waals surface area contributed by atoms with Crippen molar-refractivity contribution in [3.05, 3.63) is 11.6 Å². The standard InChI is InChI=1S/C14H24N2O3/c1-7-11(12(18)15-5)14(19-6)8-9-16(10(2)17)13(14,3)4/h7H,8-9H2,1-6H3,(H,15,18)/b11-7+. The van der Waals surface area contributed by atoms with Crippen LogP contribution in [-0.2, 0) is 14.3 Å². The Morgan fingerprint density at radius 2 is 1.95 bits per heavy atom. The van der Waals surface area contributed by atoms with Gasteiger partial charge in [0.05, 0.1) is 5.54 Å². The quantitative estimate of drug-likeness (QED) is 0.780.